The van der Waals surface area contributed by atoms with Gasteiger partial charge in [-0.25, -0.2) is 0 Å². The van der Waals surface area contributed by atoms with Gasteiger partial charge in [-0.1, -0.05) is 0 Å². The Hall–Kier alpha value is 0.628. The van der Waals surface area contributed by atoms with Crippen molar-refractivity contribution in [1.82, 2.24) is 0 Å². The summed E-state index contributed by atoms with van der Waals surface area (Å²) in [5.41, 5.74) is 0. The van der Waals surface area contributed by atoms with Crippen molar-refractivity contribution in [1.29, 1.82) is 0 Å². The van der Waals surface area contributed by atoms with Gasteiger partial charge in [-0.2, -0.15) is 0 Å². The highest BCUT2D eigenvalue weighted by Crippen LogP contribution is 2.26. The summed E-state index contributed by atoms with van der Waals surface area (Å²) in [5, 5.41) is 0. The van der Waals surface area contributed by atoms with Gasteiger partial charge in [-0.3, -0.25) is 0 Å². The van der Waals surface area contributed by atoms with Gasteiger partial charge < -0.3 is 25.3 Å². The minimum Gasteiger partial charge on any atom is -0.420 e. The normalized spacial score (nSPS) is 39.9. The SMILES string of the molecule is CC(C)O[Si]1(C)O[SiH](C)O[SiH](C)O[Si](C)(OC(C)C)O1. The van der Waals surface area contributed by atoms with E-state index < -0.39 is 36.2 Å². The van der Waals surface area contributed by atoms with Crippen molar-refractivity contribution in [3.8, 4) is 0 Å². The molecule has 0 aromatic heterocycles. The van der Waals surface area contributed by atoms with Crippen LogP contribution in [0.4, 0.5) is 0 Å². The maximum Gasteiger partial charge on any atom is 0.481 e. The largest absolute Gasteiger partial charge is 0.481 e. The second-order valence-electron chi connectivity index (χ2n) is 5.67. The highest BCUT2D eigenvalue weighted by molar-refractivity contribution is 6.82. The third-order valence-electron chi connectivity index (χ3n) is 2.41. The minimum atomic E-state index is -2.81. The Kier molecular flexibility index (Phi) is 6.78. The van der Waals surface area contributed by atoms with Crippen molar-refractivity contribution in [2.45, 2.75) is 66.1 Å². The Bertz CT molecular complexity index is 292. The molecule has 1 aliphatic heterocycles. The van der Waals surface area contributed by atoms with Crippen molar-refractivity contribution in [2.75, 3.05) is 0 Å². The summed E-state index contributed by atoms with van der Waals surface area (Å²) in [5.74, 6) is 0. The Labute approximate surface area is 128 Å². The zero-order valence-corrected chi connectivity index (χ0v) is 18.1. The highest BCUT2D eigenvalue weighted by atomic mass is 28.5. The molecule has 1 aliphatic rings. The van der Waals surface area contributed by atoms with E-state index in [9.17, 15) is 0 Å². The van der Waals surface area contributed by atoms with E-state index >= 15 is 0 Å². The van der Waals surface area contributed by atoms with Crippen LogP contribution in [0, 0.1) is 0 Å². The van der Waals surface area contributed by atoms with Crippen LogP contribution in [0.3, 0.4) is 0 Å². The van der Waals surface area contributed by atoms with Crippen molar-refractivity contribution in [3.63, 3.8) is 0 Å². The third-order valence-corrected chi connectivity index (χ3v) is 16.3. The first-order valence-corrected chi connectivity index (χ1v) is 15.7. The van der Waals surface area contributed by atoms with Crippen LogP contribution in [0.15, 0.2) is 0 Å². The number of hydrogen-bond donors (Lipinski definition) is 0. The van der Waals surface area contributed by atoms with Gasteiger partial charge in [0.15, 0.2) is 0 Å². The average Bonchev–Trinajstić information content (AvgIpc) is 2.08. The molecule has 10 heteroatoms. The van der Waals surface area contributed by atoms with Gasteiger partial charge in [0.2, 0.25) is 0 Å². The molecule has 0 radical (unpaired) electrons. The molecule has 1 fully saturated rings. The molecule has 0 N–H and O–H groups in total. The average molecular weight is 357 g/mol. The highest BCUT2D eigenvalue weighted by Gasteiger charge is 2.52. The van der Waals surface area contributed by atoms with Gasteiger partial charge in [0, 0.05) is 25.3 Å². The fourth-order valence-electron chi connectivity index (χ4n) is 2.27. The standard InChI is InChI=1S/C10H28O6Si4/c1-9(2)11-19(7)14-17(5)13-18(6)15-20(8,16-19)12-10(3)4/h9-10,17-18H,1-8H3. The molecule has 0 bridgehead atoms. The summed E-state index contributed by atoms with van der Waals surface area (Å²) in [6, 6.07) is 0. The van der Waals surface area contributed by atoms with Crippen molar-refractivity contribution in [3.05, 3.63) is 0 Å². The molecule has 0 amide bonds. The second-order valence-corrected chi connectivity index (χ2v) is 15.6. The molecular formula is C10H28O6Si4. The fraction of sp³-hybridized carbons (Fsp3) is 1.00. The van der Waals surface area contributed by atoms with E-state index in [-0.39, 0.29) is 12.2 Å². The first-order chi connectivity index (χ1) is 9.03. The summed E-state index contributed by atoms with van der Waals surface area (Å²) in [7, 11) is -9.19. The molecule has 0 aliphatic carbocycles. The van der Waals surface area contributed by atoms with E-state index in [0.717, 1.165) is 0 Å². The van der Waals surface area contributed by atoms with Gasteiger partial charge >= 0.3 is 36.2 Å². The molecular weight excluding hydrogens is 328 g/mol. The molecule has 1 saturated heterocycles. The van der Waals surface area contributed by atoms with E-state index in [2.05, 4.69) is 0 Å². The summed E-state index contributed by atoms with van der Waals surface area (Å²) in [6.07, 6.45) is 0.0542. The second kappa shape index (κ2) is 7.26. The van der Waals surface area contributed by atoms with E-state index in [1.165, 1.54) is 0 Å². The van der Waals surface area contributed by atoms with E-state index in [0.29, 0.717) is 0 Å². The molecule has 1 heterocycles. The van der Waals surface area contributed by atoms with Crippen LogP contribution in [0.1, 0.15) is 27.7 Å². The lowest BCUT2D eigenvalue weighted by Crippen LogP contribution is -2.62. The molecule has 6 nitrogen and oxygen atoms in total. The fourth-order valence-corrected chi connectivity index (χ4v) is 17.2. The van der Waals surface area contributed by atoms with Gasteiger partial charge in [0.05, 0.1) is 0 Å². The maximum atomic E-state index is 6.21. The van der Waals surface area contributed by atoms with Crippen LogP contribution < -0.4 is 0 Å². The lowest BCUT2D eigenvalue weighted by atomic mass is 10.5. The Balaban J connectivity index is 2.94. The Morgan fingerprint density at radius 2 is 1.15 bits per heavy atom. The predicted octanol–water partition coefficient (Wildman–Crippen LogP) is 1.75. The molecule has 0 saturated carbocycles. The molecule has 20 heavy (non-hydrogen) atoms. The van der Waals surface area contributed by atoms with E-state index in [1.54, 1.807) is 0 Å². The van der Waals surface area contributed by atoms with Crippen LogP contribution in [0.25, 0.3) is 0 Å². The Morgan fingerprint density at radius 1 is 0.800 bits per heavy atom. The smallest absolute Gasteiger partial charge is 0.420 e. The lowest BCUT2D eigenvalue weighted by Gasteiger charge is -2.41. The van der Waals surface area contributed by atoms with Crippen molar-refractivity contribution >= 4 is 36.2 Å². The van der Waals surface area contributed by atoms with Gasteiger partial charge in [0.25, 0.3) is 0 Å². The molecule has 0 aromatic rings. The Morgan fingerprint density at radius 3 is 1.45 bits per heavy atom. The van der Waals surface area contributed by atoms with Crippen LogP contribution in [-0.4, -0.2) is 48.4 Å². The summed E-state index contributed by atoms with van der Waals surface area (Å²) >= 11 is 0. The number of rotatable bonds is 4. The third kappa shape index (κ3) is 6.17. The van der Waals surface area contributed by atoms with Gasteiger partial charge in [0.1, 0.15) is 0 Å². The molecule has 4 atom stereocenters. The van der Waals surface area contributed by atoms with Crippen LogP contribution in [0.5, 0.6) is 0 Å². The quantitative estimate of drug-likeness (QED) is 0.715. The zero-order valence-electron chi connectivity index (χ0n) is 13.8. The number of hydrogen-bond acceptors (Lipinski definition) is 6. The first kappa shape index (κ1) is 18.7. The van der Waals surface area contributed by atoms with E-state index in [1.807, 2.05) is 53.9 Å². The minimum absolute atomic E-state index is 0.0271. The zero-order chi connectivity index (χ0) is 15.6. The summed E-state index contributed by atoms with van der Waals surface area (Å²) < 4.78 is 36.1. The van der Waals surface area contributed by atoms with Crippen molar-refractivity contribution in [2.24, 2.45) is 0 Å². The topological polar surface area (TPSA) is 55.4 Å². The molecule has 120 valence electrons. The van der Waals surface area contributed by atoms with E-state index in [4.69, 9.17) is 25.3 Å². The van der Waals surface area contributed by atoms with Gasteiger partial charge in [-0.15, -0.1) is 0 Å². The summed E-state index contributed by atoms with van der Waals surface area (Å²) in [4.78, 5) is 0. The molecule has 1 rings (SSSR count). The van der Waals surface area contributed by atoms with Crippen molar-refractivity contribution < 1.29 is 25.3 Å². The molecule has 4 unspecified atom stereocenters. The predicted molar refractivity (Wildman–Crippen MR) is 86.0 cm³/mol. The monoisotopic (exact) mass is 356 g/mol. The summed E-state index contributed by atoms with van der Waals surface area (Å²) in [6.45, 7) is 15.6. The molecule has 0 spiro atoms. The van der Waals surface area contributed by atoms with Gasteiger partial charge in [-0.05, 0) is 40.8 Å². The molecule has 0 aromatic carbocycles. The first-order valence-electron chi connectivity index (χ1n) is 7.10. The van der Waals surface area contributed by atoms with Crippen LogP contribution in [0.2, 0.25) is 26.2 Å². The van der Waals surface area contributed by atoms with Crippen LogP contribution in [-0.2, 0) is 25.3 Å². The lowest BCUT2D eigenvalue weighted by molar-refractivity contribution is 0.0567. The van der Waals surface area contributed by atoms with Crippen LogP contribution >= 0.6 is 0 Å². The maximum absolute atomic E-state index is 6.21.